The number of hydrogen-bond donors (Lipinski definition) is 1. The zero-order valence-corrected chi connectivity index (χ0v) is 11.3. The fraction of sp³-hybridized carbons (Fsp3) is 0.625. The maximum atomic E-state index is 3.54. The highest BCUT2D eigenvalue weighted by Crippen LogP contribution is 2.32. The van der Waals surface area contributed by atoms with Crippen molar-refractivity contribution in [1.82, 2.24) is 0 Å². The van der Waals surface area contributed by atoms with E-state index < -0.39 is 0 Å². The number of rotatable bonds is 1. The maximum absolute atomic E-state index is 3.54. The lowest BCUT2D eigenvalue weighted by molar-refractivity contribution is 0.555. The highest BCUT2D eigenvalue weighted by molar-refractivity contribution is 5.67. The van der Waals surface area contributed by atoms with Crippen LogP contribution in [0.2, 0.25) is 0 Å². The van der Waals surface area contributed by atoms with Gasteiger partial charge in [-0.2, -0.15) is 0 Å². The molecule has 1 aromatic carbocycles. The van der Waals surface area contributed by atoms with E-state index in [1.165, 1.54) is 69.4 Å². The monoisotopic (exact) mass is 244 g/mol. The second-order valence-electron chi connectivity index (χ2n) is 5.59. The van der Waals surface area contributed by atoms with Gasteiger partial charge in [-0.1, -0.05) is 25.3 Å². The van der Waals surface area contributed by atoms with Crippen molar-refractivity contribution >= 4 is 11.4 Å². The van der Waals surface area contributed by atoms with Crippen LogP contribution in [0.15, 0.2) is 18.2 Å². The third-order valence-corrected chi connectivity index (χ3v) is 4.27. The molecule has 1 aromatic rings. The van der Waals surface area contributed by atoms with Gasteiger partial charge in [-0.25, -0.2) is 0 Å². The lowest BCUT2D eigenvalue weighted by atomic mass is 9.99. The Morgan fingerprint density at radius 2 is 1.67 bits per heavy atom. The van der Waals surface area contributed by atoms with E-state index in [0.717, 1.165) is 6.54 Å². The molecule has 0 unspecified atom stereocenters. The quantitative estimate of drug-likeness (QED) is 0.808. The minimum atomic E-state index is 1.14. The molecule has 2 aliphatic heterocycles. The van der Waals surface area contributed by atoms with Crippen LogP contribution in [0.1, 0.15) is 44.1 Å². The van der Waals surface area contributed by atoms with Gasteiger partial charge in [-0.3, -0.25) is 0 Å². The van der Waals surface area contributed by atoms with Crippen LogP contribution in [0.25, 0.3) is 0 Å². The lowest BCUT2D eigenvalue weighted by Gasteiger charge is -2.31. The third-order valence-electron chi connectivity index (χ3n) is 4.27. The summed E-state index contributed by atoms with van der Waals surface area (Å²) >= 11 is 0. The van der Waals surface area contributed by atoms with Crippen molar-refractivity contribution in [3.05, 3.63) is 23.8 Å². The molecule has 1 N–H and O–H groups in total. The SMILES string of the molecule is c1cc2c(c(N3CCCCCCC3)c1)CCCN2. The summed E-state index contributed by atoms with van der Waals surface area (Å²) in [5, 5.41) is 3.54. The molecule has 2 heterocycles. The molecule has 0 radical (unpaired) electrons. The van der Waals surface area contributed by atoms with Gasteiger partial charge >= 0.3 is 0 Å². The minimum Gasteiger partial charge on any atom is -0.385 e. The topological polar surface area (TPSA) is 15.3 Å². The molecule has 0 amide bonds. The normalized spacial score (nSPS) is 20.6. The van der Waals surface area contributed by atoms with Crippen LogP contribution < -0.4 is 10.2 Å². The van der Waals surface area contributed by atoms with Crippen LogP contribution in [0, 0.1) is 0 Å². The lowest BCUT2D eigenvalue weighted by Crippen LogP contribution is -2.29. The van der Waals surface area contributed by atoms with Gasteiger partial charge in [0.15, 0.2) is 0 Å². The molecule has 0 spiro atoms. The molecule has 0 aromatic heterocycles. The summed E-state index contributed by atoms with van der Waals surface area (Å²) in [6.07, 6.45) is 9.48. The third kappa shape index (κ3) is 2.47. The summed E-state index contributed by atoms with van der Waals surface area (Å²) in [4.78, 5) is 2.63. The predicted molar refractivity (Wildman–Crippen MR) is 78.6 cm³/mol. The average Bonchev–Trinajstić information content (AvgIpc) is 2.38. The Hall–Kier alpha value is -1.18. The van der Waals surface area contributed by atoms with Crippen LogP contribution in [-0.4, -0.2) is 19.6 Å². The van der Waals surface area contributed by atoms with Crippen LogP contribution in [0.5, 0.6) is 0 Å². The molecule has 1 saturated heterocycles. The van der Waals surface area contributed by atoms with Crippen LogP contribution in [0.4, 0.5) is 11.4 Å². The molecule has 1 fully saturated rings. The Morgan fingerprint density at radius 1 is 0.889 bits per heavy atom. The summed E-state index contributed by atoms with van der Waals surface area (Å²) in [7, 11) is 0. The first-order valence-electron chi connectivity index (χ1n) is 7.56. The van der Waals surface area contributed by atoms with E-state index in [9.17, 15) is 0 Å². The Labute approximate surface area is 110 Å². The van der Waals surface area contributed by atoms with Gasteiger partial charge in [-0.15, -0.1) is 0 Å². The smallest absolute Gasteiger partial charge is 0.0419 e. The number of nitrogens with one attached hydrogen (secondary N) is 1. The zero-order chi connectivity index (χ0) is 12.2. The molecule has 2 heteroatoms. The van der Waals surface area contributed by atoms with E-state index >= 15 is 0 Å². The largest absolute Gasteiger partial charge is 0.385 e. The fourth-order valence-corrected chi connectivity index (χ4v) is 3.28. The first-order valence-corrected chi connectivity index (χ1v) is 7.56. The molecule has 18 heavy (non-hydrogen) atoms. The van der Waals surface area contributed by atoms with Crippen LogP contribution >= 0.6 is 0 Å². The predicted octanol–water partition coefficient (Wildman–Crippen LogP) is 3.82. The highest BCUT2D eigenvalue weighted by atomic mass is 15.1. The molecule has 0 aliphatic carbocycles. The van der Waals surface area contributed by atoms with Gasteiger partial charge in [0.2, 0.25) is 0 Å². The van der Waals surface area contributed by atoms with Gasteiger partial charge < -0.3 is 10.2 Å². The van der Waals surface area contributed by atoms with Crippen molar-refractivity contribution in [2.24, 2.45) is 0 Å². The summed E-state index contributed by atoms with van der Waals surface area (Å²) in [5.41, 5.74) is 4.44. The number of hydrogen-bond acceptors (Lipinski definition) is 2. The van der Waals surface area contributed by atoms with E-state index in [4.69, 9.17) is 0 Å². The molecule has 0 saturated carbocycles. The van der Waals surface area contributed by atoms with Gasteiger partial charge in [0.25, 0.3) is 0 Å². The van der Waals surface area contributed by atoms with Gasteiger partial charge in [-0.05, 0) is 43.4 Å². The van der Waals surface area contributed by atoms with Crippen molar-refractivity contribution in [2.75, 3.05) is 29.9 Å². The molecular formula is C16H24N2. The maximum Gasteiger partial charge on any atom is 0.0419 e. The van der Waals surface area contributed by atoms with Gasteiger partial charge in [0.1, 0.15) is 0 Å². The summed E-state index contributed by atoms with van der Waals surface area (Å²) in [6, 6.07) is 6.78. The number of benzene rings is 1. The van der Waals surface area contributed by atoms with Crippen molar-refractivity contribution in [3.8, 4) is 0 Å². The fourth-order valence-electron chi connectivity index (χ4n) is 3.28. The van der Waals surface area contributed by atoms with E-state index in [0.29, 0.717) is 0 Å². The first kappa shape index (κ1) is 11.9. The second kappa shape index (κ2) is 5.64. The van der Waals surface area contributed by atoms with E-state index in [1.54, 1.807) is 5.56 Å². The van der Waals surface area contributed by atoms with Crippen LogP contribution in [-0.2, 0) is 6.42 Å². The summed E-state index contributed by atoms with van der Waals surface area (Å²) in [6.45, 7) is 3.63. The van der Waals surface area contributed by atoms with Crippen molar-refractivity contribution < 1.29 is 0 Å². The number of anilines is 2. The highest BCUT2D eigenvalue weighted by Gasteiger charge is 2.17. The van der Waals surface area contributed by atoms with Gasteiger partial charge in [0, 0.05) is 31.0 Å². The zero-order valence-electron chi connectivity index (χ0n) is 11.3. The Balaban J connectivity index is 1.85. The minimum absolute atomic E-state index is 1.14. The average molecular weight is 244 g/mol. The molecule has 0 bridgehead atoms. The van der Waals surface area contributed by atoms with Crippen molar-refractivity contribution in [2.45, 2.75) is 44.9 Å². The molecule has 2 aliphatic rings. The first-order chi connectivity index (χ1) is 8.95. The molecule has 98 valence electrons. The van der Waals surface area contributed by atoms with Crippen LogP contribution in [0.3, 0.4) is 0 Å². The number of nitrogens with zero attached hydrogens (tertiary/aromatic N) is 1. The van der Waals surface area contributed by atoms with E-state index in [-0.39, 0.29) is 0 Å². The van der Waals surface area contributed by atoms with Gasteiger partial charge in [0.05, 0.1) is 0 Å². The molecular weight excluding hydrogens is 220 g/mol. The second-order valence-corrected chi connectivity index (χ2v) is 5.59. The van der Waals surface area contributed by atoms with Crippen molar-refractivity contribution in [1.29, 1.82) is 0 Å². The van der Waals surface area contributed by atoms with E-state index in [1.807, 2.05) is 0 Å². The molecule has 2 nitrogen and oxygen atoms in total. The summed E-state index contributed by atoms with van der Waals surface area (Å²) < 4.78 is 0. The molecule has 0 atom stereocenters. The van der Waals surface area contributed by atoms with Crippen molar-refractivity contribution in [3.63, 3.8) is 0 Å². The molecule has 3 rings (SSSR count). The standard InChI is InChI=1S/C16H24N2/c1-2-4-12-18(13-5-3-1)16-10-6-9-15-14(16)8-7-11-17-15/h6,9-10,17H,1-5,7-8,11-13H2. The van der Waals surface area contributed by atoms with E-state index in [2.05, 4.69) is 28.4 Å². The summed E-state index contributed by atoms with van der Waals surface area (Å²) in [5.74, 6) is 0. The Morgan fingerprint density at radius 3 is 2.50 bits per heavy atom. The Bertz CT molecular complexity index is 392. The number of fused-ring (bicyclic) bond motifs is 1. The Kier molecular flexibility index (Phi) is 3.72.